The average molecular weight is 615 g/mol. The van der Waals surface area contributed by atoms with E-state index in [1.807, 2.05) is 44.2 Å². The Morgan fingerprint density at radius 3 is 2.61 bits per heavy atom. The van der Waals surface area contributed by atoms with Gasteiger partial charge in [-0.15, -0.1) is 6.58 Å². The summed E-state index contributed by atoms with van der Waals surface area (Å²) in [6, 6.07) is 14.5. The summed E-state index contributed by atoms with van der Waals surface area (Å²) < 4.78 is 14.3. The summed E-state index contributed by atoms with van der Waals surface area (Å²) in [6.45, 7) is 8.40. The molecule has 0 fully saturated rings. The summed E-state index contributed by atoms with van der Waals surface area (Å²) in [5.41, 5.74) is 2.80. The van der Waals surface area contributed by atoms with Crippen molar-refractivity contribution in [1.82, 2.24) is 9.66 Å². The number of halogens is 3. The Bertz CT molecular complexity index is 1580. The van der Waals surface area contributed by atoms with E-state index in [0.717, 1.165) is 21.2 Å². The molecule has 0 radical (unpaired) electrons. The van der Waals surface area contributed by atoms with Gasteiger partial charge in [0.25, 0.3) is 5.56 Å². The third kappa shape index (κ3) is 6.29. The molecule has 3 aromatic carbocycles. The first-order valence-electron chi connectivity index (χ1n) is 12.1. The van der Waals surface area contributed by atoms with E-state index < -0.39 is 0 Å². The number of hydrogen-bond donors (Lipinski definition) is 0. The van der Waals surface area contributed by atoms with Gasteiger partial charge in [-0.25, -0.2) is 4.98 Å². The first kappa shape index (κ1) is 27.9. The Morgan fingerprint density at radius 2 is 1.89 bits per heavy atom. The van der Waals surface area contributed by atoms with Crippen molar-refractivity contribution >= 4 is 56.2 Å². The van der Waals surface area contributed by atoms with Crippen LogP contribution < -0.4 is 15.0 Å². The molecule has 4 aromatic rings. The number of hydrogen-bond acceptors (Lipinski definition) is 5. The second kappa shape index (κ2) is 12.6. The number of ether oxygens (including phenoxy) is 2. The second-order valence-electron chi connectivity index (χ2n) is 8.36. The predicted molar refractivity (Wildman–Crippen MR) is 158 cm³/mol. The van der Waals surface area contributed by atoms with Gasteiger partial charge in [-0.2, -0.15) is 9.78 Å². The highest BCUT2D eigenvalue weighted by molar-refractivity contribution is 9.10. The van der Waals surface area contributed by atoms with Crippen LogP contribution in [0, 0.1) is 0 Å². The van der Waals surface area contributed by atoms with Crippen LogP contribution in [0.3, 0.4) is 0 Å². The van der Waals surface area contributed by atoms with Gasteiger partial charge >= 0.3 is 0 Å². The van der Waals surface area contributed by atoms with Crippen molar-refractivity contribution in [3.05, 3.63) is 109 Å². The number of aromatic nitrogens is 2. The van der Waals surface area contributed by atoms with Gasteiger partial charge in [-0.1, -0.05) is 58.2 Å². The summed E-state index contributed by atoms with van der Waals surface area (Å²) in [4.78, 5) is 17.9. The maximum Gasteiger partial charge on any atom is 0.282 e. The normalized spacial score (nSPS) is 11.3. The summed E-state index contributed by atoms with van der Waals surface area (Å²) in [7, 11) is 0. The molecular weight excluding hydrogens is 589 g/mol. The van der Waals surface area contributed by atoms with E-state index >= 15 is 0 Å². The zero-order valence-corrected chi connectivity index (χ0v) is 24.1. The van der Waals surface area contributed by atoms with Gasteiger partial charge in [-0.3, -0.25) is 4.79 Å². The van der Waals surface area contributed by atoms with Crippen LogP contribution in [0.25, 0.3) is 10.9 Å². The Kier molecular flexibility index (Phi) is 9.26. The number of allylic oxidation sites excluding steroid dienone is 1. The molecule has 0 saturated carbocycles. The molecule has 196 valence electrons. The summed E-state index contributed by atoms with van der Waals surface area (Å²) in [5.74, 6) is 1.72. The van der Waals surface area contributed by atoms with Crippen molar-refractivity contribution in [2.45, 2.75) is 33.3 Å². The average Bonchev–Trinajstić information content (AvgIpc) is 2.89. The molecule has 0 aliphatic carbocycles. The van der Waals surface area contributed by atoms with E-state index in [9.17, 15) is 4.79 Å². The Labute approximate surface area is 239 Å². The highest BCUT2D eigenvalue weighted by atomic mass is 79.9. The first-order chi connectivity index (χ1) is 18.3. The van der Waals surface area contributed by atoms with Crippen LogP contribution in [0.4, 0.5) is 0 Å². The number of aryl methyl sites for hydroxylation is 1. The molecule has 1 heterocycles. The molecule has 0 saturated heterocycles. The maximum atomic E-state index is 13.3. The first-order valence-corrected chi connectivity index (χ1v) is 13.6. The quantitative estimate of drug-likeness (QED) is 0.136. The fourth-order valence-corrected chi connectivity index (χ4v) is 4.77. The zero-order valence-electron chi connectivity index (χ0n) is 21.0. The van der Waals surface area contributed by atoms with Crippen LogP contribution in [-0.4, -0.2) is 22.5 Å². The Morgan fingerprint density at radius 1 is 1.08 bits per heavy atom. The van der Waals surface area contributed by atoms with E-state index in [4.69, 9.17) is 32.7 Å². The van der Waals surface area contributed by atoms with Crippen molar-refractivity contribution in [3.8, 4) is 11.5 Å². The number of nitrogens with zero attached hydrogens (tertiary/aromatic N) is 3. The lowest BCUT2D eigenvalue weighted by atomic mass is 10.1. The highest BCUT2D eigenvalue weighted by Gasteiger charge is 2.15. The zero-order chi connectivity index (χ0) is 27.2. The van der Waals surface area contributed by atoms with E-state index in [-0.39, 0.29) is 12.2 Å². The van der Waals surface area contributed by atoms with Crippen LogP contribution in [0.5, 0.6) is 11.5 Å². The van der Waals surface area contributed by atoms with Gasteiger partial charge in [0.15, 0.2) is 11.5 Å². The molecule has 0 N–H and O–H groups in total. The third-order valence-corrected chi connectivity index (χ3v) is 6.80. The molecule has 6 nitrogen and oxygen atoms in total. The molecule has 0 bridgehead atoms. The molecule has 0 amide bonds. The van der Waals surface area contributed by atoms with Crippen LogP contribution in [0.1, 0.15) is 36.4 Å². The summed E-state index contributed by atoms with van der Waals surface area (Å²) >= 11 is 15.8. The van der Waals surface area contributed by atoms with Gasteiger partial charge in [-0.05, 0) is 61.4 Å². The molecule has 0 aliphatic rings. The smallest absolute Gasteiger partial charge is 0.282 e. The van der Waals surface area contributed by atoms with Crippen LogP contribution in [0.2, 0.25) is 10.0 Å². The molecular formula is C29H26BrCl2N3O3. The van der Waals surface area contributed by atoms with Gasteiger partial charge < -0.3 is 9.47 Å². The summed E-state index contributed by atoms with van der Waals surface area (Å²) in [6.07, 6.45) is 4.50. The van der Waals surface area contributed by atoms with Gasteiger partial charge in [0.05, 0.1) is 23.7 Å². The molecule has 1 aromatic heterocycles. The lowest BCUT2D eigenvalue weighted by molar-refractivity contribution is 0.267. The van der Waals surface area contributed by atoms with Gasteiger partial charge in [0.1, 0.15) is 12.4 Å². The van der Waals surface area contributed by atoms with E-state index in [1.54, 1.807) is 30.5 Å². The third-order valence-electron chi connectivity index (χ3n) is 5.72. The topological polar surface area (TPSA) is 65.7 Å². The lowest BCUT2D eigenvalue weighted by Crippen LogP contribution is -2.22. The van der Waals surface area contributed by atoms with E-state index in [1.165, 1.54) is 4.68 Å². The SMILES string of the molecule is C=CCc1cc(C=Nn2c(CC)nc3ccc(Br)cc3c2=O)cc(OCC)c1OCc1ccc(Cl)cc1Cl. The van der Waals surface area contributed by atoms with Gasteiger partial charge in [0.2, 0.25) is 0 Å². The van der Waals surface area contributed by atoms with Crippen molar-refractivity contribution in [2.75, 3.05) is 6.61 Å². The largest absolute Gasteiger partial charge is 0.490 e. The van der Waals surface area contributed by atoms with Gasteiger partial charge in [0, 0.05) is 32.1 Å². The molecule has 0 spiro atoms. The molecule has 38 heavy (non-hydrogen) atoms. The highest BCUT2D eigenvalue weighted by Crippen LogP contribution is 2.35. The van der Waals surface area contributed by atoms with Crippen molar-refractivity contribution in [1.29, 1.82) is 0 Å². The Hall–Kier alpha value is -3.13. The predicted octanol–water partition coefficient (Wildman–Crippen LogP) is 7.62. The number of rotatable bonds is 10. The standard InChI is InChI=1S/C29H26BrCl2N3O3/c1-4-7-19-12-18(13-26(37-6-3)28(19)38-17-20-8-10-22(31)15-24(20)32)16-33-35-27(5-2)34-25-11-9-21(30)14-23(25)29(35)36/h4,8-16H,1,5-7,17H2,2-3H3. The van der Waals surface area contributed by atoms with Crippen LogP contribution in [0.15, 0.2) is 75.6 Å². The van der Waals surface area contributed by atoms with Crippen LogP contribution >= 0.6 is 39.1 Å². The molecule has 0 aliphatic heterocycles. The lowest BCUT2D eigenvalue weighted by Gasteiger charge is -2.17. The van der Waals surface area contributed by atoms with Crippen molar-refractivity contribution in [2.24, 2.45) is 5.10 Å². The fourth-order valence-electron chi connectivity index (χ4n) is 3.95. The van der Waals surface area contributed by atoms with Crippen molar-refractivity contribution in [3.63, 3.8) is 0 Å². The fraction of sp³-hybridized carbons (Fsp3) is 0.207. The molecule has 9 heteroatoms. The molecule has 4 rings (SSSR count). The minimum atomic E-state index is -0.236. The summed E-state index contributed by atoms with van der Waals surface area (Å²) in [5, 5.41) is 6.09. The number of benzene rings is 3. The van der Waals surface area contributed by atoms with Crippen LogP contribution in [-0.2, 0) is 19.4 Å². The monoisotopic (exact) mass is 613 g/mol. The maximum absolute atomic E-state index is 13.3. The Balaban J connectivity index is 1.73. The van der Waals surface area contributed by atoms with E-state index in [2.05, 4.69) is 32.6 Å². The number of fused-ring (bicyclic) bond motifs is 1. The molecule has 0 unspecified atom stereocenters. The van der Waals surface area contributed by atoms with Crippen molar-refractivity contribution < 1.29 is 9.47 Å². The minimum absolute atomic E-state index is 0.236. The van der Waals surface area contributed by atoms with E-state index in [0.29, 0.717) is 57.7 Å². The second-order valence-corrected chi connectivity index (χ2v) is 10.1. The minimum Gasteiger partial charge on any atom is -0.490 e. The molecule has 0 atom stereocenters.